The maximum absolute atomic E-state index is 12.3. The number of rotatable bonds is 8. The Morgan fingerprint density at radius 1 is 1.04 bits per heavy atom. The number of methoxy groups -OCH3 is 3. The van der Waals surface area contributed by atoms with Crippen molar-refractivity contribution in [2.45, 2.75) is 4.90 Å². The fourth-order valence-corrected chi connectivity index (χ4v) is 3.61. The largest absolute Gasteiger partial charge is 0.497 e. The van der Waals surface area contributed by atoms with E-state index in [4.69, 9.17) is 25.8 Å². The van der Waals surface area contributed by atoms with Gasteiger partial charge >= 0.3 is 0 Å². The Labute approximate surface area is 168 Å². The van der Waals surface area contributed by atoms with Gasteiger partial charge < -0.3 is 24.8 Å². The molecule has 2 aromatic carbocycles. The lowest BCUT2D eigenvalue weighted by Gasteiger charge is -2.15. The van der Waals surface area contributed by atoms with Gasteiger partial charge in [0.15, 0.2) is 15.6 Å². The van der Waals surface area contributed by atoms with E-state index in [1.54, 1.807) is 18.2 Å². The number of carbonyl (C=O) groups excluding carboxylic acids is 1. The van der Waals surface area contributed by atoms with Crippen LogP contribution < -0.4 is 24.8 Å². The van der Waals surface area contributed by atoms with Gasteiger partial charge in [-0.15, -0.1) is 0 Å². The highest BCUT2D eigenvalue weighted by Gasteiger charge is 2.20. The zero-order valence-electron chi connectivity index (χ0n) is 15.8. The summed E-state index contributed by atoms with van der Waals surface area (Å²) in [4.78, 5) is 12.3. The van der Waals surface area contributed by atoms with Gasteiger partial charge in [0.1, 0.15) is 16.4 Å². The van der Waals surface area contributed by atoms with Gasteiger partial charge in [-0.25, -0.2) is 8.42 Å². The summed E-state index contributed by atoms with van der Waals surface area (Å²) in [5, 5.41) is 5.75. The van der Waals surface area contributed by atoms with Gasteiger partial charge in [-0.1, -0.05) is 11.6 Å². The van der Waals surface area contributed by atoms with E-state index in [2.05, 4.69) is 10.6 Å². The second-order valence-electron chi connectivity index (χ2n) is 5.72. The highest BCUT2D eigenvalue weighted by atomic mass is 35.5. The fraction of sp³-hybridized carbons (Fsp3) is 0.278. The molecule has 8 nitrogen and oxygen atoms in total. The van der Waals surface area contributed by atoms with E-state index in [1.165, 1.54) is 33.5 Å². The molecule has 0 aliphatic rings. The standard InChI is InChI=1S/C18H21ClN2O6S/c1-25-12-5-6-13(15(9-12)26-2)21-17(22)10-20-14-7-11(19)8-16(18(14)27-3)28(4,23)24/h5-9,20H,10H2,1-4H3,(H,21,22). The third-order valence-corrected chi connectivity index (χ3v) is 5.07. The fourth-order valence-electron chi connectivity index (χ4n) is 2.46. The molecule has 2 N–H and O–H groups in total. The molecule has 2 aromatic rings. The molecule has 0 unspecified atom stereocenters. The number of carbonyl (C=O) groups is 1. The van der Waals surface area contributed by atoms with Crippen molar-refractivity contribution < 1.29 is 27.4 Å². The predicted molar refractivity (Wildman–Crippen MR) is 108 cm³/mol. The Balaban J connectivity index is 2.19. The summed E-state index contributed by atoms with van der Waals surface area (Å²) in [6, 6.07) is 7.75. The molecule has 0 aliphatic heterocycles. The third-order valence-electron chi connectivity index (χ3n) is 3.75. The van der Waals surface area contributed by atoms with Gasteiger partial charge in [-0.05, 0) is 24.3 Å². The molecule has 0 atom stereocenters. The van der Waals surface area contributed by atoms with E-state index in [1.807, 2.05) is 0 Å². The molecule has 0 aliphatic carbocycles. The first-order valence-electron chi connectivity index (χ1n) is 8.03. The number of benzene rings is 2. The molecular formula is C18H21ClN2O6S. The van der Waals surface area contributed by atoms with Crippen LogP contribution in [0.15, 0.2) is 35.2 Å². The molecule has 0 radical (unpaired) electrons. The van der Waals surface area contributed by atoms with Crippen LogP contribution in [0, 0.1) is 0 Å². The highest BCUT2D eigenvalue weighted by molar-refractivity contribution is 7.90. The Morgan fingerprint density at radius 3 is 2.32 bits per heavy atom. The van der Waals surface area contributed by atoms with Crippen molar-refractivity contribution in [1.82, 2.24) is 0 Å². The van der Waals surface area contributed by atoms with Gasteiger partial charge in [0.25, 0.3) is 0 Å². The van der Waals surface area contributed by atoms with Crippen molar-refractivity contribution in [3.63, 3.8) is 0 Å². The van der Waals surface area contributed by atoms with E-state index in [9.17, 15) is 13.2 Å². The molecule has 0 spiro atoms. The number of ether oxygens (including phenoxy) is 3. The predicted octanol–water partition coefficient (Wildman–Crippen LogP) is 2.82. The molecule has 0 saturated heterocycles. The zero-order chi connectivity index (χ0) is 20.9. The summed E-state index contributed by atoms with van der Waals surface area (Å²) in [6.07, 6.45) is 1.05. The lowest BCUT2D eigenvalue weighted by Crippen LogP contribution is -2.22. The van der Waals surface area contributed by atoms with Crippen LogP contribution in [0.1, 0.15) is 0 Å². The molecule has 0 fully saturated rings. The molecule has 152 valence electrons. The van der Waals surface area contributed by atoms with Crippen LogP contribution >= 0.6 is 11.6 Å². The van der Waals surface area contributed by atoms with Crippen LogP contribution in [0.2, 0.25) is 5.02 Å². The summed E-state index contributed by atoms with van der Waals surface area (Å²) < 4.78 is 39.5. The van der Waals surface area contributed by atoms with Crippen molar-refractivity contribution in [3.05, 3.63) is 35.4 Å². The topological polar surface area (TPSA) is 103 Å². The lowest BCUT2D eigenvalue weighted by atomic mass is 10.2. The van der Waals surface area contributed by atoms with Crippen LogP contribution in [-0.2, 0) is 14.6 Å². The van der Waals surface area contributed by atoms with Crippen molar-refractivity contribution in [2.75, 3.05) is 44.8 Å². The third kappa shape index (κ3) is 5.20. The van der Waals surface area contributed by atoms with Crippen LogP contribution in [0.3, 0.4) is 0 Å². The molecule has 0 bridgehead atoms. The quantitative estimate of drug-likeness (QED) is 0.666. The normalized spacial score (nSPS) is 10.9. The molecule has 0 heterocycles. The van der Waals surface area contributed by atoms with E-state index in [-0.39, 0.29) is 33.8 Å². The monoisotopic (exact) mass is 428 g/mol. The summed E-state index contributed by atoms with van der Waals surface area (Å²) in [5.74, 6) is 0.727. The summed E-state index contributed by atoms with van der Waals surface area (Å²) in [7, 11) is 0.773. The van der Waals surface area contributed by atoms with Gasteiger partial charge in [-0.2, -0.15) is 0 Å². The Morgan fingerprint density at radius 2 is 1.75 bits per heavy atom. The van der Waals surface area contributed by atoms with Crippen molar-refractivity contribution >= 4 is 38.7 Å². The molecule has 10 heteroatoms. The number of hydrogen-bond donors (Lipinski definition) is 2. The first kappa shape index (κ1) is 21.6. The van der Waals surface area contributed by atoms with Crippen LogP contribution in [-0.4, -0.2) is 48.5 Å². The minimum atomic E-state index is -3.57. The minimum Gasteiger partial charge on any atom is -0.497 e. The number of anilines is 2. The molecule has 2 rings (SSSR count). The van der Waals surface area contributed by atoms with Crippen molar-refractivity contribution in [2.24, 2.45) is 0 Å². The molecule has 1 amide bonds. The first-order chi connectivity index (χ1) is 13.2. The highest BCUT2D eigenvalue weighted by Crippen LogP contribution is 2.35. The van der Waals surface area contributed by atoms with Crippen LogP contribution in [0.25, 0.3) is 0 Å². The van der Waals surface area contributed by atoms with E-state index >= 15 is 0 Å². The number of hydrogen-bond acceptors (Lipinski definition) is 7. The summed E-state index contributed by atoms with van der Waals surface area (Å²) in [6.45, 7) is -0.158. The minimum absolute atomic E-state index is 0.0674. The number of sulfone groups is 1. The van der Waals surface area contributed by atoms with Crippen LogP contribution in [0.5, 0.6) is 17.2 Å². The van der Waals surface area contributed by atoms with Crippen molar-refractivity contribution in [3.8, 4) is 17.2 Å². The molecule has 28 heavy (non-hydrogen) atoms. The number of halogens is 1. The Bertz CT molecular complexity index is 978. The maximum Gasteiger partial charge on any atom is 0.243 e. The van der Waals surface area contributed by atoms with Gasteiger partial charge in [0.05, 0.1) is 39.2 Å². The zero-order valence-corrected chi connectivity index (χ0v) is 17.4. The van der Waals surface area contributed by atoms with E-state index in [0.717, 1.165) is 6.26 Å². The second-order valence-corrected chi connectivity index (χ2v) is 8.15. The summed E-state index contributed by atoms with van der Waals surface area (Å²) in [5.41, 5.74) is 0.747. The maximum atomic E-state index is 12.3. The average molecular weight is 429 g/mol. The summed E-state index contributed by atoms with van der Waals surface area (Å²) >= 11 is 6.01. The first-order valence-corrected chi connectivity index (χ1v) is 10.3. The second kappa shape index (κ2) is 9.03. The number of nitrogens with one attached hydrogen (secondary N) is 2. The van der Waals surface area contributed by atoms with Gasteiger partial charge in [0.2, 0.25) is 5.91 Å². The van der Waals surface area contributed by atoms with Crippen molar-refractivity contribution in [1.29, 1.82) is 0 Å². The SMILES string of the molecule is COc1ccc(NC(=O)CNc2cc(Cl)cc(S(C)(=O)=O)c2OC)c(OC)c1. The molecular weight excluding hydrogens is 408 g/mol. The molecule has 0 saturated carbocycles. The lowest BCUT2D eigenvalue weighted by molar-refractivity contribution is -0.114. The Kier molecular flexibility index (Phi) is 6.98. The van der Waals surface area contributed by atoms with E-state index < -0.39 is 9.84 Å². The average Bonchev–Trinajstić information content (AvgIpc) is 2.65. The van der Waals surface area contributed by atoms with Gasteiger partial charge in [-0.3, -0.25) is 4.79 Å². The molecule has 0 aromatic heterocycles. The van der Waals surface area contributed by atoms with E-state index in [0.29, 0.717) is 17.2 Å². The smallest absolute Gasteiger partial charge is 0.243 e. The Hall–Kier alpha value is -2.65. The van der Waals surface area contributed by atoms with Gasteiger partial charge in [0, 0.05) is 17.3 Å². The van der Waals surface area contributed by atoms with Crippen LogP contribution in [0.4, 0.5) is 11.4 Å². The number of amides is 1.